The van der Waals surface area contributed by atoms with E-state index in [-0.39, 0.29) is 12.1 Å². The number of halogens is 3. The Morgan fingerprint density at radius 2 is 1.84 bits per heavy atom. The Balaban J connectivity index is 2.63. The van der Waals surface area contributed by atoms with Crippen LogP contribution in [0.1, 0.15) is 11.3 Å². The summed E-state index contributed by atoms with van der Waals surface area (Å²) in [5.41, 5.74) is 0.543. The van der Waals surface area contributed by atoms with Crippen molar-refractivity contribution in [1.29, 1.82) is 0 Å². The maximum Gasteiger partial charge on any atom is 0.417 e. The van der Waals surface area contributed by atoms with Gasteiger partial charge in [-0.25, -0.2) is 0 Å². The molecule has 0 amide bonds. The first-order valence-electron chi connectivity index (χ1n) is 5.71. The fraction of sp³-hybridized carbons (Fsp3) is 0.214. The van der Waals surface area contributed by atoms with Crippen molar-refractivity contribution in [2.75, 3.05) is 0 Å². The van der Waals surface area contributed by atoms with Gasteiger partial charge < -0.3 is 9.36 Å². The average Bonchev–Trinajstić information content (AvgIpc) is 2.71. The maximum absolute atomic E-state index is 13.0. The second kappa shape index (κ2) is 4.91. The molecule has 1 heterocycles. The third-order valence-corrected chi connectivity index (χ3v) is 2.96. The number of rotatable bonds is 3. The van der Waals surface area contributed by atoms with Crippen molar-refractivity contribution in [2.45, 2.75) is 19.6 Å². The molecule has 0 aliphatic rings. The minimum Gasteiger partial charge on any atom is -0.338 e. The largest absolute Gasteiger partial charge is 0.417 e. The lowest BCUT2D eigenvalue weighted by molar-refractivity contribution is -0.137. The summed E-state index contributed by atoms with van der Waals surface area (Å²) in [5, 5.41) is 0. The van der Waals surface area contributed by atoms with E-state index in [1.807, 2.05) is 0 Å². The number of aldehydes is 1. The third kappa shape index (κ3) is 2.54. The summed E-state index contributed by atoms with van der Waals surface area (Å²) in [6, 6.07) is 8.67. The van der Waals surface area contributed by atoms with Gasteiger partial charge in [0.2, 0.25) is 0 Å². The molecular formula is C14H12F3NO. The summed E-state index contributed by atoms with van der Waals surface area (Å²) < 4.78 is 40.5. The summed E-state index contributed by atoms with van der Waals surface area (Å²) in [5.74, 6) is 0. The number of carbonyl (C=O) groups excluding carboxylic acids is 1. The van der Waals surface area contributed by atoms with Crippen molar-refractivity contribution in [3.63, 3.8) is 0 Å². The Morgan fingerprint density at radius 1 is 1.16 bits per heavy atom. The minimum absolute atomic E-state index is 0.0420. The van der Waals surface area contributed by atoms with Crippen molar-refractivity contribution >= 4 is 6.29 Å². The Kier molecular flexibility index (Phi) is 3.46. The van der Waals surface area contributed by atoms with E-state index in [1.165, 1.54) is 12.1 Å². The average molecular weight is 267 g/mol. The molecule has 1 aromatic heterocycles. The van der Waals surface area contributed by atoms with Gasteiger partial charge in [-0.15, -0.1) is 0 Å². The third-order valence-electron chi connectivity index (χ3n) is 2.96. The first-order valence-corrected chi connectivity index (χ1v) is 5.71. The van der Waals surface area contributed by atoms with Crippen LogP contribution in [-0.4, -0.2) is 10.9 Å². The fourth-order valence-corrected chi connectivity index (χ4v) is 2.08. The number of carbonyl (C=O) groups is 1. The molecule has 100 valence electrons. The van der Waals surface area contributed by atoms with Crippen molar-refractivity contribution in [3.05, 3.63) is 47.7 Å². The number of hydrogen-bond acceptors (Lipinski definition) is 1. The molecule has 19 heavy (non-hydrogen) atoms. The molecule has 0 unspecified atom stereocenters. The molecule has 0 fully saturated rings. The van der Waals surface area contributed by atoms with Crippen molar-refractivity contribution in [1.82, 2.24) is 4.57 Å². The van der Waals surface area contributed by atoms with E-state index in [0.29, 0.717) is 12.0 Å². The Hall–Kier alpha value is -2.04. The second-order valence-corrected chi connectivity index (χ2v) is 4.18. The summed E-state index contributed by atoms with van der Waals surface area (Å²) >= 11 is 0. The maximum atomic E-state index is 13.0. The number of aryl methyl sites for hydroxylation is 1. The quantitative estimate of drug-likeness (QED) is 0.777. The van der Waals surface area contributed by atoms with Crippen molar-refractivity contribution in [3.8, 4) is 11.3 Å². The molecule has 0 radical (unpaired) electrons. The number of nitrogens with zero attached hydrogens (tertiary/aromatic N) is 1. The van der Waals surface area contributed by atoms with Gasteiger partial charge >= 0.3 is 6.18 Å². The van der Waals surface area contributed by atoms with Gasteiger partial charge in [-0.3, -0.25) is 0 Å². The summed E-state index contributed by atoms with van der Waals surface area (Å²) in [6.07, 6.45) is -3.74. The SMILES string of the molecule is Cc1ccc(-c2ccccc2C(F)(F)F)n1CC=O. The van der Waals surface area contributed by atoms with Gasteiger partial charge in [0.1, 0.15) is 6.29 Å². The molecule has 2 rings (SSSR count). The second-order valence-electron chi connectivity index (χ2n) is 4.18. The normalized spacial score (nSPS) is 11.6. The van der Waals surface area contributed by atoms with Gasteiger partial charge in [0, 0.05) is 17.0 Å². The van der Waals surface area contributed by atoms with Gasteiger partial charge in [0.05, 0.1) is 12.1 Å². The van der Waals surface area contributed by atoms with Gasteiger partial charge in [-0.1, -0.05) is 18.2 Å². The first-order chi connectivity index (χ1) is 8.95. The van der Waals surface area contributed by atoms with Crippen LogP contribution < -0.4 is 0 Å². The van der Waals surface area contributed by atoms with Crippen LogP contribution in [0, 0.1) is 6.92 Å². The van der Waals surface area contributed by atoms with E-state index in [1.54, 1.807) is 29.7 Å². The summed E-state index contributed by atoms with van der Waals surface area (Å²) in [7, 11) is 0. The highest BCUT2D eigenvalue weighted by molar-refractivity contribution is 5.67. The lowest BCUT2D eigenvalue weighted by Gasteiger charge is -2.14. The van der Waals surface area contributed by atoms with E-state index in [0.717, 1.165) is 11.8 Å². The highest BCUT2D eigenvalue weighted by Crippen LogP contribution is 2.37. The minimum atomic E-state index is -4.42. The van der Waals surface area contributed by atoms with Crippen molar-refractivity contribution < 1.29 is 18.0 Å². The predicted octanol–water partition coefficient (Wildman–Crippen LogP) is 3.68. The molecule has 0 N–H and O–H groups in total. The Bertz CT molecular complexity index is 599. The number of benzene rings is 1. The molecule has 2 aromatic rings. The van der Waals surface area contributed by atoms with Crippen LogP contribution in [0.15, 0.2) is 36.4 Å². The molecule has 5 heteroatoms. The smallest absolute Gasteiger partial charge is 0.338 e. The topological polar surface area (TPSA) is 22.0 Å². The van der Waals surface area contributed by atoms with Gasteiger partial charge in [-0.05, 0) is 25.1 Å². The predicted molar refractivity (Wildman–Crippen MR) is 65.7 cm³/mol. The standard InChI is InChI=1S/C14H12F3NO/c1-10-6-7-13(18(10)8-9-19)11-4-2-3-5-12(11)14(15,16)17/h2-7,9H,8H2,1H3. The van der Waals surface area contributed by atoms with Crippen LogP contribution in [0.4, 0.5) is 13.2 Å². The molecule has 0 bridgehead atoms. The van der Waals surface area contributed by atoms with Crippen LogP contribution in [0.3, 0.4) is 0 Å². The highest BCUT2D eigenvalue weighted by Gasteiger charge is 2.33. The molecular weight excluding hydrogens is 255 g/mol. The zero-order valence-electron chi connectivity index (χ0n) is 10.2. The lowest BCUT2D eigenvalue weighted by Crippen LogP contribution is -2.09. The first kappa shape index (κ1) is 13.4. The fourth-order valence-electron chi connectivity index (χ4n) is 2.08. The zero-order chi connectivity index (χ0) is 14.0. The van der Waals surface area contributed by atoms with Crippen LogP contribution in [-0.2, 0) is 17.5 Å². The number of aromatic nitrogens is 1. The number of hydrogen-bond donors (Lipinski definition) is 0. The van der Waals surface area contributed by atoms with Gasteiger partial charge in [-0.2, -0.15) is 13.2 Å². The summed E-state index contributed by atoms with van der Waals surface area (Å²) in [4.78, 5) is 10.6. The Labute approximate surface area is 108 Å². The summed E-state index contributed by atoms with van der Waals surface area (Å²) in [6.45, 7) is 1.80. The molecule has 0 atom stereocenters. The number of alkyl halides is 3. The molecule has 0 spiro atoms. The van der Waals surface area contributed by atoms with E-state index in [2.05, 4.69) is 0 Å². The zero-order valence-corrected chi connectivity index (χ0v) is 10.2. The van der Waals surface area contributed by atoms with E-state index >= 15 is 0 Å². The molecule has 0 aliphatic carbocycles. The van der Waals surface area contributed by atoms with Crippen molar-refractivity contribution in [2.24, 2.45) is 0 Å². The van der Waals surface area contributed by atoms with Crippen LogP contribution >= 0.6 is 0 Å². The van der Waals surface area contributed by atoms with Crippen LogP contribution in [0.5, 0.6) is 0 Å². The van der Waals surface area contributed by atoms with E-state index < -0.39 is 11.7 Å². The van der Waals surface area contributed by atoms with E-state index in [9.17, 15) is 18.0 Å². The van der Waals surface area contributed by atoms with Gasteiger partial charge in [0.15, 0.2) is 0 Å². The van der Waals surface area contributed by atoms with Crippen LogP contribution in [0.25, 0.3) is 11.3 Å². The molecule has 2 nitrogen and oxygen atoms in total. The van der Waals surface area contributed by atoms with E-state index in [4.69, 9.17) is 0 Å². The Morgan fingerprint density at radius 3 is 2.47 bits per heavy atom. The van der Waals surface area contributed by atoms with Crippen LogP contribution in [0.2, 0.25) is 0 Å². The molecule has 0 aliphatic heterocycles. The molecule has 0 saturated carbocycles. The monoisotopic (exact) mass is 267 g/mol. The van der Waals surface area contributed by atoms with Gasteiger partial charge in [0.25, 0.3) is 0 Å². The molecule has 0 saturated heterocycles. The molecule has 1 aromatic carbocycles. The lowest BCUT2D eigenvalue weighted by atomic mass is 10.0. The highest BCUT2D eigenvalue weighted by atomic mass is 19.4.